The Balaban J connectivity index is 1.73. The van der Waals surface area contributed by atoms with Crippen molar-refractivity contribution in [1.29, 1.82) is 0 Å². The molecule has 1 aliphatic rings. The molecule has 2 aromatic rings. The Kier molecular flexibility index (Phi) is 3.09. The van der Waals surface area contributed by atoms with Gasteiger partial charge in [-0.2, -0.15) is 10.1 Å². The predicted octanol–water partition coefficient (Wildman–Crippen LogP) is 1.28. The van der Waals surface area contributed by atoms with Crippen molar-refractivity contribution >= 4 is 21.7 Å². The van der Waals surface area contributed by atoms with E-state index in [1.807, 2.05) is 6.92 Å². The summed E-state index contributed by atoms with van der Waals surface area (Å²) in [5, 5.41) is 7.06. The smallest absolute Gasteiger partial charge is 0.318 e. The third-order valence-electron chi connectivity index (χ3n) is 3.05. The molecule has 7 nitrogen and oxygen atoms in total. The van der Waals surface area contributed by atoms with E-state index in [4.69, 9.17) is 4.74 Å². The Morgan fingerprint density at radius 1 is 1.42 bits per heavy atom. The molecule has 0 atom stereocenters. The average molecular weight is 325 g/mol. The second kappa shape index (κ2) is 4.76. The van der Waals surface area contributed by atoms with Gasteiger partial charge in [-0.15, -0.1) is 0 Å². The summed E-state index contributed by atoms with van der Waals surface area (Å²) in [4.78, 5) is 14.9. The Labute approximate surface area is 118 Å². The lowest BCUT2D eigenvalue weighted by Crippen LogP contribution is -2.46. The number of nitrogens with one attached hydrogen (secondary N) is 1. The van der Waals surface area contributed by atoms with Crippen LogP contribution in [-0.4, -0.2) is 45.3 Å². The number of hydrogen-bond acceptors (Lipinski definition) is 6. The fourth-order valence-corrected chi connectivity index (χ4v) is 2.46. The summed E-state index contributed by atoms with van der Waals surface area (Å²) in [7, 11) is 1.56. The van der Waals surface area contributed by atoms with E-state index in [1.54, 1.807) is 13.3 Å². The van der Waals surface area contributed by atoms with E-state index < -0.39 is 0 Å². The van der Waals surface area contributed by atoms with E-state index >= 15 is 0 Å². The standard InChI is InChI=1S/C11H13BrN6O/c1-6-14-9(17-16-6)7-4-18(5-7)10-8(12)3-13-11(15-10)19-2/h3,7H,4-5H2,1-2H3,(H,14,16,17). The van der Waals surface area contributed by atoms with Gasteiger partial charge in [-0.25, -0.2) is 9.97 Å². The van der Waals surface area contributed by atoms with Crippen LogP contribution in [0.25, 0.3) is 0 Å². The first-order chi connectivity index (χ1) is 9.17. The van der Waals surface area contributed by atoms with Crippen molar-refractivity contribution in [2.45, 2.75) is 12.8 Å². The van der Waals surface area contributed by atoms with Crippen molar-refractivity contribution in [2.24, 2.45) is 0 Å². The molecule has 19 heavy (non-hydrogen) atoms. The van der Waals surface area contributed by atoms with Gasteiger partial charge in [-0.05, 0) is 22.9 Å². The molecule has 0 saturated carbocycles. The Morgan fingerprint density at radius 2 is 2.21 bits per heavy atom. The quantitative estimate of drug-likeness (QED) is 0.916. The fourth-order valence-electron chi connectivity index (χ4n) is 2.02. The van der Waals surface area contributed by atoms with Gasteiger partial charge in [-0.1, -0.05) is 0 Å². The van der Waals surface area contributed by atoms with Crippen LogP contribution in [0.15, 0.2) is 10.7 Å². The highest BCUT2D eigenvalue weighted by atomic mass is 79.9. The Morgan fingerprint density at radius 3 is 2.84 bits per heavy atom. The normalized spacial score (nSPS) is 15.4. The van der Waals surface area contributed by atoms with E-state index in [9.17, 15) is 0 Å². The van der Waals surface area contributed by atoms with E-state index in [-0.39, 0.29) is 0 Å². The van der Waals surface area contributed by atoms with Crippen LogP contribution in [0.4, 0.5) is 5.82 Å². The zero-order chi connectivity index (χ0) is 13.4. The molecule has 0 unspecified atom stereocenters. The van der Waals surface area contributed by atoms with E-state index in [0.717, 1.165) is 35.0 Å². The summed E-state index contributed by atoms with van der Waals surface area (Å²) >= 11 is 3.46. The van der Waals surface area contributed by atoms with Gasteiger partial charge in [0.2, 0.25) is 0 Å². The molecular formula is C11H13BrN6O. The second-order valence-electron chi connectivity index (χ2n) is 4.41. The molecule has 0 bridgehead atoms. The third-order valence-corrected chi connectivity index (χ3v) is 3.61. The van der Waals surface area contributed by atoms with E-state index in [1.165, 1.54) is 0 Å². The number of aromatic nitrogens is 5. The number of H-pyrrole nitrogens is 1. The summed E-state index contributed by atoms with van der Waals surface area (Å²) in [5.74, 6) is 2.90. The summed E-state index contributed by atoms with van der Waals surface area (Å²) in [6, 6.07) is 0.371. The van der Waals surface area contributed by atoms with Crippen LogP contribution in [0.2, 0.25) is 0 Å². The van der Waals surface area contributed by atoms with Crippen LogP contribution in [0.3, 0.4) is 0 Å². The average Bonchev–Trinajstić information content (AvgIpc) is 2.76. The molecule has 3 heterocycles. The molecule has 1 fully saturated rings. The lowest BCUT2D eigenvalue weighted by atomic mass is 10.00. The van der Waals surface area contributed by atoms with Crippen LogP contribution in [0, 0.1) is 6.92 Å². The number of anilines is 1. The highest BCUT2D eigenvalue weighted by Crippen LogP contribution is 2.33. The fraction of sp³-hybridized carbons (Fsp3) is 0.455. The minimum Gasteiger partial charge on any atom is -0.467 e. The maximum Gasteiger partial charge on any atom is 0.318 e. The summed E-state index contributed by atoms with van der Waals surface area (Å²) in [6.45, 7) is 3.59. The number of nitrogens with zero attached hydrogens (tertiary/aromatic N) is 5. The van der Waals surface area contributed by atoms with Crippen molar-refractivity contribution < 1.29 is 4.74 Å². The largest absolute Gasteiger partial charge is 0.467 e. The van der Waals surface area contributed by atoms with Gasteiger partial charge in [0.1, 0.15) is 11.6 Å². The molecule has 0 radical (unpaired) electrons. The molecular weight excluding hydrogens is 312 g/mol. The number of aryl methyl sites for hydroxylation is 1. The van der Waals surface area contributed by atoms with E-state index in [0.29, 0.717) is 11.9 Å². The number of aromatic amines is 1. The first kappa shape index (κ1) is 12.3. The van der Waals surface area contributed by atoms with Crippen molar-refractivity contribution in [2.75, 3.05) is 25.1 Å². The van der Waals surface area contributed by atoms with Gasteiger partial charge in [0.25, 0.3) is 0 Å². The Hall–Kier alpha value is -1.70. The minimum atomic E-state index is 0.345. The van der Waals surface area contributed by atoms with Crippen molar-refractivity contribution in [3.8, 4) is 6.01 Å². The SMILES string of the molecule is COc1ncc(Br)c(N2CC(c3n[nH]c(C)n3)C2)n1. The molecule has 1 saturated heterocycles. The maximum absolute atomic E-state index is 5.04. The number of hydrogen-bond donors (Lipinski definition) is 1. The summed E-state index contributed by atoms with van der Waals surface area (Å²) in [6.07, 6.45) is 1.70. The molecule has 0 spiro atoms. The van der Waals surface area contributed by atoms with Crippen LogP contribution < -0.4 is 9.64 Å². The molecule has 1 aliphatic heterocycles. The summed E-state index contributed by atoms with van der Waals surface area (Å²) < 4.78 is 5.90. The zero-order valence-electron chi connectivity index (χ0n) is 10.6. The summed E-state index contributed by atoms with van der Waals surface area (Å²) in [5.41, 5.74) is 0. The van der Waals surface area contributed by atoms with Gasteiger partial charge < -0.3 is 9.64 Å². The van der Waals surface area contributed by atoms with Crippen molar-refractivity contribution in [1.82, 2.24) is 25.1 Å². The first-order valence-electron chi connectivity index (χ1n) is 5.87. The van der Waals surface area contributed by atoms with Crippen LogP contribution in [0.1, 0.15) is 17.6 Å². The second-order valence-corrected chi connectivity index (χ2v) is 5.26. The van der Waals surface area contributed by atoms with Gasteiger partial charge in [0.15, 0.2) is 5.82 Å². The molecule has 2 aromatic heterocycles. The van der Waals surface area contributed by atoms with Gasteiger partial charge in [0.05, 0.1) is 23.7 Å². The zero-order valence-corrected chi connectivity index (χ0v) is 12.2. The number of halogens is 1. The Bertz CT molecular complexity index is 595. The van der Waals surface area contributed by atoms with Crippen molar-refractivity contribution in [3.05, 3.63) is 22.3 Å². The third kappa shape index (κ3) is 2.27. The minimum absolute atomic E-state index is 0.345. The maximum atomic E-state index is 5.04. The molecule has 3 rings (SSSR count). The lowest BCUT2D eigenvalue weighted by Gasteiger charge is -2.38. The molecule has 0 amide bonds. The molecule has 0 aromatic carbocycles. The van der Waals surface area contributed by atoms with Gasteiger partial charge in [-0.3, -0.25) is 5.10 Å². The first-order valence-corrected chi connectivity index (χ1v) is 6.67. The number of methoxy groups -OCH3 is 1. The van der Waals surface area contributed by atoms with Crippen LogP contribution in [-0.2, 0) is 0 Å². The molecule has 1 N–H and O–H groups in total. The monoisotopic (exact) mass is 324 g/mol. The number of ether oxygens (including phenoxy) is 1. The highest BCUT2D eigenvalue weighted by Gasteiger charge is 2.33. The lowest BCUT2D eigenvalue weighted by molar-refractivity contribution is 0.377. The van der Waals surface area contributed by atoms with Crippen molar-refractivity contribution in [3.63, 3.8) is 0 Å². The van der Waals surface area contributed by atoms with E-state index in [2.05, 4.69) is 46.0 Å². The van der Waals surface area contributed by atoms with Crippen LogP contribution in [0.5, 0.6) is 6.01 Å². The molecule has 100 valence electrons. The number of rotatable bonds is 3. The van der Waals surface area contributed by atoms with Gasteiger partial charge >= 0.3 is 6.01 Å². The predicted molar refractivity (Wildman–Crippen MR) is 72.4 cm³/mol. The molecule has 0 aliphatic carbocycles. The van der Waals surface area contributed by atoms with Crippen LogP contribution >= 0.6 is 15.9 Å². The molecule has 8 heteroatoms. The highest BCUT2D eigenvalue weighted by molar-refractivity contribution is 9.10. The topological polar surface area (TPSA) is 79.8 Å². The van der Waals surface area contributed by atoms with Gasteiger partial charge in [0, 0.05) is 13.1 Å².